The summed E-state index contributed by atoms with van der Waals surface area (Å²) in [5.41, 5.74) is 18.3. The first kappa shape index (κ1) is 23.7. The third-order valence-electron chi connectivity index (χ3n) is 6.80. The third-order valence-corrected chi connectivity index (χ3v) is 6.80. The van der Waals surface area contributed by atoms with Crippen molar-refractivity contribution in [3.8, 4) is 0 Å². The van der Waals surface area contributed by atoms with Gasteiger partial charge in [0.1, 0.15) is 0 Å². The Hall–Kier alpha value is -3.42. The van der Waals surface area contributed by atoms with Crippen molar-refractivity contribution < 1.29 is 0 Å². The molecule has 1 fully saturated rings. The lowest BCUT2D eigenvalue weighted by Gasteiger charge is -2.35. The van der Waals surface area contributed by atoms with Gasteiger partial charge in [-0.1, -0.05) is 12.1 Å². The minimum atomic E-state index is 0.352. The molecule has 0 atom stereocenters. The van der Waals surface area contributed by atoms with Crippen molar-refractivity contribution in [3.63, 3.8) is 0 Å². The Balaban J connectivity index is 1.56. The number of hydrogen-bond acceptors (Lipinski definition) is 6. The molecule has 3 aromatic rings. The Labute approximate surface area is 201 Å². The van der Waals surface area contributed by atoms with Crippen LogP contribution < -0.4 is 11.5 Å². The zero-order valence-corrected chi connectivity index (χ0v) is 20.3. The lowest BCUT2D eigenvalue weighted by Crippen LogP contribution is -2.41. The molecule has 7 nitrogen and oxygen atoms in total. The molecule has 7 heteroatoms. The van der Waals surface area contributed by atoms with Crippen LogP contribution in [0, 0.1) is 5.41 Å². The van der Waals surface area contributed by atoms with E-state index in [9.17, 15) is 0 Å². The van der Waals surface area contributed by atoms with Gasteiger partial charge in [0.15, 0.2) is 0 Å². The fraction of sp³-hybridized carbons (Fsp3) is 0.333. The number of nitrogens with one attached hydrogen (secondary N) is 2. The molecule has 4 rings (SSSR count). The van der Waals surface area contributed by atoms with Crippen molar-refractivity contribution >= 4 is 34.1 Å². The van der Waals surface area contributed by atoms with E-state index in [1.807, 2.05) is 24.3 Å². The molecule has 0 spiro atoms. The number of allylic oxidation sites excluding steroid dienone is 1. The highest BCUT2D eigenvalue weighted by atomic mass is 15.2. The molecule has 0 unspecified atom stereocenters. The van der Waals surface area contributed by atoms with Crippen LogP contribution in [-0.2, 0) is 6.54 Å². The third kappa shape index (κ3) is 5.05. The number of piperidine rings is 1. The van der Waals surface area contributed by atoms with E-state index in [0.29, 0.717) is 23.0 Å². The van der Waals surface area contributed by atoms with E-state index in [0.717, 1.165) is 47.4 Å². The van der Waals surface area contributed by atoms with E-state index in [1.54, 1.807) is 13.3 Å². The van der Waals surface area contributed by atoms with Gasteiger partial charge in [-0.15, -0.1) is 0 Å². The molecule has 2 heterocycles. The highest BCUT2D eigenvalue weighted by Gasteiger charge is 2.21. The number of likely N-dealkylation sites (tertiary alicyclic amines) is 1. The summed E-state index contributed by atoms with van der Waals surface area (Å²) in [5, 5.41) is 9.95. The van der Waals surface area contributed by atoms with Gasteiger partial charge in [0.2, 0.25) is 0 Å². The normalized spacial score (nSPS) is 16.2. The average molecular weight is 458 g/mol. The van der Waals surface area contributed by atoms with Crippen LogP contribution in [0.25, 0.3) is 16.5 Å². The van der Waals surface area contributed by atoms with Crippen molar-refractivity contribution in [2.24, 2.45) is 10.7 Å². The zero-order chi connectivity index (χ0) is 24.2. The summed E-state index contributed by atoms with van der Waals surface area (Å²) in [4.78, 5) is 12.3. The van der Waals surface area contributed by atoms with Gasteiger partial charge in [-0.3, -0.25) is 15.3 Å². The fourth-order valence-corrected chi connectivity index (χ4v) is 4.72. The summed E-state index contributed by atoms with van der Waals surface area (Å²) in [5.74, 6) is 0. The first-order valence-corrected chi connectivity index (χ1v) is 11.7. The lowest BCUT2D eigenvalue weighted by molar-refractivity contribution is 0.139. The second kappa shape index (κ2) is 10.2. The van der Waals surface area contributed by atoms with Crippen LogP contribution in [0.5, 0.6) is 0 Å². The summed E-state index contributed by atoms with van der Waals surface area (Å²) < 4.78 is 0. The molecule has 1 aliphatic rings. The minimum absolute atomic E-state index is 0.352. The van der Waals surface area contributed by atoms with Crippen LogP contribution in [-0.4, -0.2) is 67.0 Å². The largest absolute Gasteiger partial charge is 0.404 e. The predicted molar refractivity (Wildman–Crippen MR) is 144 cm³/mol. The summed E-state index contributed by atoms with van der Waals surface area (Å²) in [6.07, 6.45) is 5.64. The number of hydrogen-bond donors (Lipinski definition) is 4. The maximum atomic E-state index is 8.85. The first-order valence-electron chi connectivity index (χ1n) is 11.7. The van der Waals surface area contributed by atoms with Gasteiger partial charge in [-0.25, -0.2) is 0 Å². The monoisotopic (exact) mass is 457 g/mol. The van der Waals surface area contributed by atoms with Crippen molar-refractivity contribution in [3.05, 3.63) is 71.0 Å². The molecule has 0 amide bonds. The van der Waals surface area contributed by atoms with E-state index in [2.05, 4.69) is 52.1 Å². The van der Waals surface area contributed by atoms with Crippen LogP contribution in [0.3, 0.4) is 0 Å². The lowest BCUT2D eigenvalue weighted by atomic mass is 9.99. The van der Waals surface area contributed by atoms with Crippen molar-refractivity contribution in [1.82, 2.24) is 14.8 Å². The summed E-state index contributed by atoms with van der Waals surface area (Å²) in [7, 11) is 6.12. The highest BCUT2D eigenvalue weighted by molar-refractivity contribution is 6.16. The van der Waals surface area contributed by atoms with Crippen LogP contribution in [0.4, 0.5) is 5.69 Å². The van der Waals surface area contributed by atoms with E-state index >= 15 is 0 Å². The zero-order valence-electron chi connectivity index (χ0n) is 20.3. The summed E-state index contributed by atoms with van der Waals surface area (Å²) >= 11 is 0. The van der Waals surface area contributed by atoms with Crippen molar-refractivity contribution in [2.75, 3.05) is 40.0 Å². The van der Waals surface area contributed by atoms with Gasteiger partial charge in [0.05, 0.1) is 11.4 Å². The van der Waals surface area contributed by atoms with Crippen LogP contribution in [0.2, 0.25) is 0 Å². The predicted octanol–water partition coefficient (Wildman–Crippen LogP) is 3.69. The molecule has 0 aliphatic carbocycles. The molecule has 1 saturated heterocycles. The van der Waals surface area contributed by atoms with Crippen LogP contribution >= 0.6 is 0 Å². The molecule has 178 valence electrons. The first-order chi connectivity index (χ1) is 16.4. The van der Waals surface area contributed by atoms with E-state index < -0.39 is 0 Å². The molecule has 1 aromatic heterocycles. The second-order valence-electron chi connectivity index (χ2n) is 9.24. The van der Waals surface area contributed by atoms with Gasteiger partial charge in [0, 0.05) is 59.8 Å². The average Bonchev–Trinajstić information content (AvgIpc) is 3.26. The quantitative estimate of drug-likeness (QED) is 0.320. The number of H-pyrrole nitrogens is 1. The van der Waals surface area contributed by atoms with Crippen LogP contribution in [0.1, 0.15) is 35.2 Å². The van der Waals surface area contributed by atoms with Gasteiger partial charge in [0.25, 0.3) is 0 Å². The molecule has 0 bridgehead atoms. The fourth-order valence-electron chi connectivity index (χ4n) is 4.72. The number of aromatic amines is 1. The smallest absolute Gasteiger partial charge is 0.0868 e. The molecule has 6 N–H and O–H groups in total. The van der Waals surface area contributed by atoms with E-state index in [-0.39, 0.29) is 0 Å². The molecular weight excluding hydrogens is 422 g/mol. The van der Waals surface area contributed by atoms with Crippen molar-refractivity contribution in [1.29, 1.82) is 5.41 Å². The summed E-state index contributed by atoms with van der Waals surface area (Å²) in [6, 6.07) is 14.8. The maximum Gasteiger partial charge on any atom is 0.0868 e. The van der Waals surface area contributed by atoms with E-state index in [1.165, 1.54) is 24.6 Å². The Kier molecular flexibility index (Phi) is 7.14. The van der Waals surface area contributed by atoms with Gasteiger partial charge in [-0.2, -0.15) is 0 Å². The number of nitrogens with two attached hydrogens (primary N) is 2. The standard InChI is InChI=1S/C27H35N7/c1-31-16-21(15-28)19-5-6-24(29)23(13-19)27(30)26-14-20-12-18(4-7-25(20)32-26)17-34(3)22-8-10-33(2)11-9-22/h4-7,12-16,22,30,32H,8-11,17,28-29H2,1-3H3. The second-order valence-corrected chi connectivity index (χ2v) is 9.24. The topological polar surface area (TPSA) is 111 Å². The number of nitrogens with zero attached hydrogens (tertiary/aromatic N) is 3. The Bertz CT molecular complexity index is 1230. The molecule has 2 aromatic carbocycles. The SMILES string of the molecule is CN=CC(=CN)c1ccc(N)c(C(=N)c2cc3cc(CN(C)C4CCN(C)CC4)ccc3[nH]2)c1. The Morgan fingerprint density at radius 2 is 1.97 bits per heavy atom. The Morgan fingerprint density at radius 1 is 1.21 bits per heavy atom. The number of rotatable bonds is 7. The number of anilines is 1. The van der Waals surface area contributed by atoms with Gasteiger partial charge < -0.3 is 21.4 Å². The number of benzene rings is 2. The Morgan fingerprint density at radius 3 is 2.68 bits per heavy atom. The minimum Gasteiger partial charge on any atom is -0.404 e. The highest BCUT2D eigenvalue weighted by Crippen LogP contribution is 2.25. The van der Waals surface area contributed by atoms with Crippen LogP contribution in [0.15, 0.2) is 53.7 Å². The number of nitrogen functional groups attached to an aromatic ring is 1. The van der Waals surface area contributed by atoms with Crippen molar-refractivity contribution in [2.45, 2.75) is 25.4 Å². The van der Waals surface area contributed by atoms with E-state index in [4.69, 9.17) is 16.9 Å². The number of fused-ring (bicyclic) bond motifs is 1. The van der Waals surface area contributed by atoms with Gasteiger partial charge in [-0.05, 0) is 81.5 Å². The maximum absolute atomic E-state index is 8.85. The molecule has 0 saturated carbocycles. The molecule has 34 heavy (non-hydrogen) atoms. The molecule has 0 radical (unpaired) electrons. The van der Waals surface area contributed by atoms with Gasteiger partial charge >= 0.3 is 0 Å². The number of aliphatic imine (C=N–C) groups is 1. The molecular formula is C27H35N7. The molecule has 1 aliphatic heterocycles. The number of aromatic nitrogens is 1. The summed E-state index contributed by atoms with van der Waals surface area (Å²) in [6.45, 7) is 3.25.